The zero-order valence-electron chi connectivity index (χ0n) is 9.57. The molecule has 0 N–H and O–H groups in total. The molecule has 0 bridgehead atoms. The summed E-state index contributed by atoms with van der Waals surface area (Å²) in [5.74, 6) is 0.999. The second kappa shape index (κ2) is 4.04. The number of hydrogen-bond acceptors (Lipinski definition) is 4. The van der Waals surface area contributed by atoms with E-state index in [1.807, 2.05) is 12.1 Å². The molecule has 0 amide bonds. The SMILES string of the molecule is COC(=O)[C@@H]1Cc2cc(OC)c(OC)cc21. The molecule has 0 radical (unpaired) electrons. The Hall–Kier alpha value is -1.71. The van der Waals surface area contributed by atoms with Gasteiger partial charge >= 0.3 is 5.97 Å². The lowest BCUT2D eigenvalue weighted by atomic mass is 9.77. The van der Waals surface area contributed by atoms with Crippen LogP contribution in [0.2, 0.25) is 0 Å². The molecule has 1 aliphatic rings. The first-order valence-corrected chi connectivity index (χ1v) is 5.04. The van der Waals surface area contributed by atoms with Crippen molar-refractivity contribution in [1.29, 1.82) is 0 Å². The summed E-state index contributed by atoms with van der Waals surface area (Å²) in [6.07, 6.45) is 0.711. The van der Waals surface area contributed by atoms with Crippen LogP contribution < -0.4 is 9.47 Å². The highest BCUT2D eigenvalue weighted by Crippen LogP contribution is 2.42. The highest BCUT2D eigenvalue weighted by molar-refractivity contribution is 5.82. The van der Waals surface area contributed by atoms with Gasteiger partial charge in [0.1, 0.15) is 0 Å². The van der Waals surface area contributed by atoms with Crippen molar-refractivity contribution < 1.29 is 19.0 Å². The van der Waals surface area contributed by atoms with E-state index in [0.29, 0.717) is 17.9 Å². The molecule has 0 aliphatic heterocycles. The number of hydrogen-bond donors (Lipinski definition) is 0. The van der Waals surface area contributed by atoms with E-state index in [1.54, 1.807) is 14.2 Å². The molecule has 1 aromatic rings. The number of methoxy groups -OCH3 is 3. The van der Waals surface area contributed by atoms with Crippen LogP contribution in [0.5, 0.6) is 11.5 Å². The fourth-order valence-electron chi connectivity index (χ4n) is 1.99. The Kier molecular flexibility index (Phi) is 2.73. The molecule has 0 unspecified atom stereocenters. The predicted octanol–water partition coefficient (Wildman–Crippen LogP) is 1.52. The normalized spacial score (nSPS) is 17.1. The molecule has 16 heavy (non-hydrogen) atoms. The summed E-state index contributed by atoms with van der Waals surface area (Å²) in [6.45, 7) is 0. The first-order valence-electron chi connectivity index (χ1n) is 5.04. The Bertz CT molecular complexity index is 425. The van der Waals surface area contributed by atoms with Gasteiger partial charge in [-0.05, 0) is 29.7 Å². The summed E-state index contributed by atoms with van der Waals surface area (Å²) in [5.41, 5.74) is 2.09. The van der Waals surface area contributed by atoms with Crippen LogP contribution in [-0.4, -0.2) is 27.3 Å². The van der Waals surface area contributed by atoms with Gasteiger partial charge in [0, 0.05) is 0 Å². The van der Waals surface area contributed by atoms with E-state index in [9.17, 15) is 4.79 Å². The van der Waals surface area contributed by atoms with Crippen molar-refractivity contribution in [3.8, 4) is 11.5 Å². The van der Waals surface area contributed by atoms with Crippen LogP contribution in [0.1, 0.15) is 17.0 Å². The van der Waals surface area contributed by atoms with Crippen LogP contribution in [0.4, 0.5) is 0 Å². The fourth-order valence-corrected chi connectivity index (χ4v) is 1.99. The average Bonchev–Trinajstić information content (AvgIpc) is 2.30. The van der Waals surface area contributed by atoms with E-state index in [2.05, 4.69) is 0 Å². The summed E-state index contributed by atoms with van der Waals surface area (Å²) in [4.78, 5) is 11.4. The zero-order chi connectivity index (χ0) is 11.7. The molecule has 0 fully saturated rings. The van der Waals surface area contributed by atoms with Gasteiger partial charge in [-0.3, -0.25) is 4.79 Å². The van der Waals surface area contributed by atoms with E-state index < -0.39 is 0 Å². The number of carbonyl (C=O) groups excluding carboxylic acids is 1. The topological polar surface area (TPSA) is 44.8 Å². The van der Waals surface area contributed by atoms with Crippen molar-refractivity contribution in [1.82, 2.24) is 0 Å². The lowest BCUT2D eigenvalue weighted by Gasteiger charge is -2.29. The van der Waals surface area contributed by atoms with Gasteiger partial charge in [0.05, 0.1) is 27.2 Å². The monoisotopic (exact) mass is 222 g/mol. The summed E-state index contributed by atoms with van der Waals surface area (Å²) in [6, 6.07) is 3.76. The smallest absolute Gasteiger partial charge is 0.313 e. The summed E-state index contributed by atoms with van der Waals surface area (Å²) in [7, 11) is 4.58. The molecular formula is C12H14O4. The van der Waals surface area contributed by atoms with Crippen LogP contribution >= 0.6 is 0 Å². The van der Waals surface area contributed by atoms with E-state index in [1.165, 1.54) is 7.11 Å². The minimum absolute atomic E-state index is 0.153. The Morgan fingerprint density at radius 3 is 2.38 bits per heavy atom. The van der Waals surface area contributed by atoms with Crippen molar-refractivity contribution in [2.24, 2.45) is 0 Å². The molecule has 4 heteroatoms. The van der Waals surface area contributed by atoms with Crippen LogP contribution in [-0.2, 0) is 16.0 Å². The maximum absolute atomic E-state index is 11.4. The second-order valence-electron chi connectivity index (χ2n) is 3.69. The van der Waals surface area contributed by atoms with Gasteiger partial charge in [0.2, 0.25) is 0 Å². The maximum atomic E-state index is 11.4. The highest BCUT2D eigenvalue weighted by atomic mass is 16.5. The first kappa shape index (κ1) is 10.8. The van der Waals surface area contributed by atoms with Crippen LogP contribution in [0.3, 0.4) is 0 Å². The summed E-state index contributed by atoms with van der Waals surface area (Å²) in [5, 5.41) is 0. The van der Waals surface area contributed by atoms with Gasteiger partial charge in [0.25, 0.3) is 0 Å². The average molecular weight is 222 g/mol. The molecule has 1 aliphatic carbocycles. The number of esters is 1. The minimum Gasteiger partial charge on any atom is -0.493 e. The van der Waals surface area contributed by atoms with Gasteiger partial charge < -0.3 is 14.2 Å². The zero-order valence-corrected chi connectivity index (χ0v) is 9.57. The third kappa shape index (κ3) is 1.50. The number of carbonyl (C=O) groups is 1. The van der Waals surface area contributed by atoms with Crippen molar-refractivity contribution in [2.75, 3.05) is 21.3 Å². The van der Waals surface area contributed by atoms with Crippen LogP contribution in [0.25, 0.3) is 0 Å². The van der Waals surface area contributed by atoms with Crippen molar-refractivity contribution in [3.05, 3.63) is 23.3 Å². The van der Waals surface area contributed by atoms with Crippen molar-refractivity contribution in [2.45, 2.75) is 12.3 Å². The minimum atomic E-state index is -0.195. The van der Waals surface area contributed by atoms with E-state index in [4.69, 9.17) is 14.2 Å². The van der Waals surface area contributed by atoms with E-state index in [-0.39, 0.29) is 11.9 Å². The molecule has 0 saturated carbocycles. The molecule has 0 aromatic heterocycles. The second-order valence-corrected chi connectivity index (χ2v) is 3.69. The third-order valence-corrected chi connectivity index (χ3v) is 2.93. The Morgan fingerprint density at radius 2 is 1.81 bits per heavy atom. The maximum Gasteiger partial charge on any atom is 0.313 e. The summed E-state index contributed by atoms with van der Waals surface area (Å²) < 4.78 is 15.1. The van der Waals surface area contributed by atoms with Gasteiger partial charge in [-0.1, -0.05) is 0 Å². The van der Waals surface area contributed by atoms with Gasteiger partial charge in [0.15, 0.2) is 11.5 Å². The molecule has 0 spiro atoms. The fraction of sp³-hybridized carbons (Fsp3) is 0.417. The standard InChI is InChI=1S/C12H14O4/c1-14-10-5-7-4-9(12(13)16-3)8(7)6-11(10)15-2/h5-6,9H,4H2,1-3H3/t9-/m1/s1. The first-order chi connectivity index (χ1) is 7.71. The molecular weight excluding hydrogens is 208 g/mol. The van der Waals surface area contributed by atoms with Crippen LogP contribution in [0.15, 0.2) is 12.1 Å². The molecule has 4 nitrogen and oxygen atoms in total. The van der Waals surface area contributed by atoms with E-state index >= 15 is 0 Å². The van der Waals surface area contributed by atoms with Gasteiger partial charge in [-0.15, -0.1) is 0 Å². The number of fused-ring (bicyclic) bond motifs is 1. The van der Waals surface area contributed by atoms with Crippen LogP contribution in [0, 0.1) is 0 Å². The molecule has 0 heterocycles. The number of ether oxygens (including phenoxy) is 3. The van der Waals surface area contributed by atoms with E-state index in [0.717, 1.165) is 11.1 Å². The molecule has 0 saturated heterocycles. The largest absolute Gasteiger partial charge is 0.493 e. The Balaban J connectivity index is 2.34. The Labute approximate surface area is 94.1 Å². The molecule has 86 valence electrons. The lowest BCUT2D eigenvalue weighted by molar-refractivity contribution is -0.143. The quantitative estimate of drug-likeness (QED) is 0.727. The van der Waals surface area contributed by atoms with Crippen molar-refractivity contribution in [3.63, 3.8) is 0 Å². The number of rotatable bonds is 3. The lowest BCUT2D eigenvalue weighted by Crippen LogP contribution is -2.26. The molecule has 1 aromatic carbocycles. The Morgan fingerprint density at radius 1 is 1.19 bits per heavy atom. The molecule has 1 atom stereocenters. The highest BCUT2D eigenvalue weighted by Gasteiger charge is 2.34. The van der Waals surface area contributed by atoms with Gasteiger partial charge in [-0.2, -0.15) is 0 Å². The number of benzene rings is 1. The third-order valence-electron chi connectivity index (χ3n) is 2.93. The summed E-state index contributed by atoms with van der Waals surface area (Å²) >= 11 is 0. The molecule has 2 rings (SSSR count). The predicted molar refractivity (Wildman–Crippen MR) is 58.0 cm³/mol. The van der Waals surface area contributed by atoms with Gasteiger partial charge in [-0.25, -0.2) is 0 Å². The van der Waals surface area contributed by atoms with Crippen molar-refractivity contribution >= 4 is 5.97 Å².